The Kier molecular flexibility index (Phi) is 3.68. The molecule has 0 aliphatic heterocycles. The molecule has 1 spiro atoms. The highest BCUT2D eigenvalue weighted by Crippen LogP contribution is 2.55. The van der Waals surface area contributed by atoms with Gasteiger partial charge >= 0.3 is 0 Å². The normalized spacial score (nSPS) is 15.0. The quantitative estimate of drug-likeness (QED) is 0.202. The summed E-state index contributed by atoms with van der Waals surface area (Å²) in [4.78, 5) is 0. The summed E-state index contributed by atoms with van der Waals surface area (Å²) in [6, 6.07) is 39.8. The Morgan fingerprint density at radius 2 is 1.20 bits per heavy atom. The maximum atomic E-state index is 6.59. The smallest absolute Gasteiger partial charge is 0.143 e. The first-order valence-corrected chi connectivity index (χ1v) is 13.9. The fourth-order valence-electron chi connectivity index (χ4n) is 7.92. The molecule has 1 heterocycles. The maximum absolute atomic E-state index is 6.59. The molecule has 1 aromatic heterocycles. The highest BCUT2D eigenvalue weighted by Gasteiger charge is 2.45. The Morgan fingerprint density at radius 3 is 2.00 bits per heavy atom. The lowest BCUT2D eigenvalue weighted by Crippen LogP contribution is -2.40. The van der Waals surface area contributed by atoms with Crippen molar-refractivity contribution in [1.29, 1.82) is 0 Å². The van der Waals surface area contributed by atoms with E-state index in [9.17, 15) is 0 Å². The average molecular weight is 507 g/mol. The summed E-state index contributed by atoms with van der Waals surface area (Å²) < 4.78 is 6.59. The van der Waals surface area contributed by atoms with Gasteiger partial charge in [-0.2, -0.15) is 0 Å². The van der Waals surface area contributed by atoms with Gasteiger partial charge in [0.1, 0.15) is 11.2 Å². The number of benzene rings is 6. The third kappa shape index (κ3) is 2.28. The van der Waals surface area contributed by atoms with Crippen LogP contribution < -0.4 is 10.4 Å². The van der Waals surface area contributed by atoms with Gasteiger partial charge in [-0.05, 0) is 72.8 Å². The molecule has 10 rings (SSSR count). The van der Waals surface area contributed by atoms with Crippen LogP contribution >= 0.6 is 0 Å². The number of rotatable bonds is 0. The summed E-state index contributed by atoms with van der Waals surface area (Å²) in [5, 5.41) is 7.53. The minimum Gasteiger partial charge on any atom is -0.455 e. The molecule has 184 valence electrons. The van der Waals surface area contributed by atoms with Crippen molar-refractivity contribution in [3.05, 3.63) is 154 Å². The van der Waals surface area contributed by atoms with E-state index in [2.05, 4.69) is 133 Å². The van der Waals surface area contributed by atoms with Crippen LogP contribution in [0.4, 0.5) is 0 Å². The first-order valence-electron chi connectivity index (χ1n) is 13.9. The van der Waals surface area contributed by atoms with Gasteiger partial charge in [0.15, 0.2) is 0 Å². The number of hydrogen-bond acceptors (Lipinski definition) is 1. The second-order valence-electron chi connectivity index (χ2n) is 11.2. The monoisotopic (exact) mass is 506 g/mol. The van der Waals surface area contributed by atoms with Crippen molar-refractivity contribution in [2.45, 2.75) is 5.41 Å². The molecule has 3 aliphatic carbocycles. The van der Waals surface area contributed by atoms with Gasteiger partial charge in [-0.25, -0.2) is 0 Å². The highest BCUT2D eigenvalue weighted by molar-refractivity contribution is 6.16. The summed E-state index contributed by atoms with van der Waals surface area (Å²) in [6.07, 6.45) is 9.43. The van der Waals surface area contributed by atoms with Crippen LogP contribution in [0.25, 0.3) is 67.1 Å². The van der Waals surface area contributed by atoms with E-state index >= 15 is 0 Å². The van der Waals surface area contributed by atoms with Gasteiger partial charge in [0.25, 0.3) is 0 Å². The molecular weight excluding hydrogens is 484 g/mol. The van der Waals surface area contributed by atoms with E-state index in [1.165, 1.54) is 76.5 Å². The molecule has 1 nitrogen and oxygen atoms in total. The lowest BCUT2D eigenvalue weighted by Gasteiger charge is -2.33. The summed E-state index contributed by atoms with van der Waals surface area (Å²) in [5.74, 6) is 0. The lowest BCUT2D eigenvalue weighted by atomic mass is 9.68. The minimum atomic E-state index is -0.344. The third-order valence-corrected chi connectivity index (χ3v) is 9.42. The lowest BCUT2D eigenvalue weighted by molar-refractivity contribution is 0.670. The molecule has 0 saturated carbocycles. The molecule has 0 amide bonds. The van der Waals surface area contributed by atoms with Gasteiger partial charge < -0.3 is 4.42 Å². The fraction of sp³-hybridized carbons (Fsp3) is 0.0256. The van der Waals surface area contributed by atoms with Crippen molar-refractivity contribution in [3.63, 3.8) is 0 Å². The van der Waals surface area contributed by atoms with Crippen LogP contribution in [0.5, 0.6) is 0 Å². The Bertz CT molecular complexity index is 2390. The second-order valence-corrected chi connectivity index (χ2v) is 11.2. The molecule has 0 saturated heterocycles. The van der Waals surface area contributed by atoms with Crippen molar-refractivity contribution in [2.75, 3.05) is 0 Å². The predicted octanol–water partition coefficient (Wildman–Crippen LogP) is 8.21. The molecule has 0 radical (unpaired) electrons. The highest BCUT2D eigenvalue weighted by atomic mass is 16.3. The second kappa shape index (κ2) is 7.08. The van der Waals surface area contributed by atoms with Crippen LogP contribution in [-0.2, 0) is 5.41 Å². The van der Waals surface area contributed by atoms with Gasteiger partial charge in [-0.1, -0.05) is 115 Å². The van der Waals surface area contributed by atoms with Crippen LogP contribution in [-0.4, -0.2) is 0 Å². The zero-order chi connectivity index (χ0) is 26.0. The molecule has 0 fully saturated rings. The number of fused-ring (bicyclic) bond motifs is 18. The molecule has 7 aromatic rings. The molecule has 40 heavy (non-hydrogen) atoms. The predicted molar refractivity (Wildman–Crippen MR) is 165 cm³/mol. The third-order valence-electron chi connectivity index (χ3n) is 9.42. The Labute approximate surface area is 230 Å². The summed E-state index contributed by atoms with van der Waals surface area (Å²) in [5.41, 5.74) is 12.1. The number of furan rings is 1. The molecule has 1 heteroatoms. The topological polar surface area (TPSA) is 13.1 Å². The van der Waals surface area contributed by atoms with Gasteiger partial charge in [0, 0.05) is 21.9 Å². The van der Waals surface area contributed by atoms with Crippen molar-refractivity contribution in [2.24, 2.45) is 0 Å². The maximum Gasteiger partial charge on any atom is 0.143 e. The first kappa shape index (κ1) is 20.8. The summed E-state index contributed by atoms with van der Waals surface area (Å²) in [7, 11) is 0. The Morgan fingerprint density at radius 1 is 0.525 bits per heavy atom. The number of hydrogen-bond donors (Lipinski definition) is 0. The molecular formula is C39H22O. The van der Waals surface area contributed by atoms with E-state index in [0.717, 1.165) is 11.2 Å². The van der Waals surface area contributed by atoms with Crippen molar-refractivity contribution < 1.29 is 4.42 Å². The van der Waals surface area contributed by atoms with E-state index in [0.29, 0.717) is 0 Å². The summed E-state index contributed by atoms with van der Waals surface area (Å²) in [6.45, 7) is 0. The fourth-order valence-corrected chi connectivity index (χ4v) is 7.92. The standard InChI is InChI=1S/C39H22O/c1-2-14-28-27(13-1)36-31(22-23-19-20-30-26-12-5-8-18-34(26)40-38(30)35(23)36)29-15-9-21-39(37(28)29)32-16-6-3-10-24(32)25-11-4-7-17-33(25)39/h1-22H. The zero-order valence-corrected chi connectivity index (χ0v) is 21.6. The van der Waals surface area contributed by atoms with E-state index < -0.39 is 0 Å². The molecule has 0 N–H and O–H groups in total. The van der Waals surface area contributed by atoms with Crippen molar-refractivity contribution >= 4 is 44.9 Å². The number of para-hydroxylation sites is 1. The van der Waals surface area contributed by atoms with Crippen LogP contribution in [0.2, 0.25) is 0 Å². The van der Waals surface area contributed by atoms with Crippen LogP contribution in [0.1, 0.15) is 22.3 Å². The van der Waals surface area contributed by atoms with Gasteiger partial charge in [0.05, 0.1) is 5.41 Å². The molecule has 0 bridgehead atoms. The van der Waals surface area contributed by atoms with Gasteiger partial charge in [-0.3, -0.25) is 0 Å². The van der Waals surface area contributed by atoms with E-state index in [4.69, 9.17) is 4.42 Å². The summed E-state index contributed by atoms with van der Waals surface area (Å²) >= 11 is 0. The van der Waals surface area contributed by atoms with Gasteiger partial charge in [-0.15, -0.1) is 0 Å². The first-order chi connectivity index (χ1) is 19.8. The van der Waals surface area contributed by atoms with Gasteiger partial charge in [0.2, 0.25) is 0 Å². The molecule has 6 aromatic carbocycles. The Balaban J connectivity index is 1.41. The van der Waals surface area contributed by atoms with Crippen LogP contribution in [0, 0.1) is 0 Å². The zero-order valence-electron chi connectivity index (χ0n) is 21.6. The molecule has 0 unspecified atom stereocenters. The van der Waals surface area contributed by atoms with E-state index in [1.54, 1.807) is 0 Å². The number of allylic oxidation sites excluding steroid dienone is 2. The van der Waals surface area contributed by atoms with E-state index in [-0.39, 0.29) is 5.41 Å². The van der Waals surface area contributed by atoms with Crippen LogP contribution in [0.3, 0.4) is 0 Å². The van der Waals surface area contributed by atoms with Crippen molar-refractivity contribution in [3.8, 4) is 22.3 Å². The largest absolute Gasteiger partial charge is 0.455 e. The van der Waals surface area contributed by atoms with E-state index in [1.807, 2.05) is 0 Å². The Hall–Kier alpha value is -5.14. The molecule has 0 atom stereocenters. The molecule has 3 aliphatic rings. The minimum absolute atomic E-state index is 0.344. The van der Waals surface area contributed by atoms with Crippen LogP contribution in [0.15, 0.2) is 126 Å². The average Bonchev–Trinajstić information content (AvgIpc) is 3.67. The van der Waals surface area contributed by atoms with Crippen molar-refractivity contribution in [1.82, 2.24) is 0 Å². The SMILES string of the molecule is C1=CC2(c3ccccc3-c3ccccc32)c2c(c3c(c4ccccc24)-c2c(ccc4c2oc2ccccc24)C=3)=C1.